The van der Waals surface area contributed by atoms with Crippen LogP contribution < -0.4 is 20.9 Å². The molecule has 6 aromatic rings. The van der Waals surface area contributed by atoms with Crippen molar-refractivity contribution >= 4 is 62.3 Å². The molecule has 0 fully saturated rings. The SMILES string of the molecule is CCc1cc(C#[N+]Cc2nc3c(N)cc(N(C)c4cnc(C#N)cc4CC)cc3n2C)ncc1N(C)c1cc(NC(=O)OC)c2ncn(C)c2c1. The first-order valence-corrected chi connectivity index (χ1v) is 16.4. The molecule has 6 rings (SSSR count). The molecule has 4 heterocycles. The van der Waals surface area contributed by atoms with E-state index in [1.165, 1.54) is 7.11 Å². The molecular weight excluding hydrogens is 644 g/mol. The second kappa shape index (κ2) is 14.1. The number of anilines is 6. The van der Waals surface area contributed by atoms with Crippen molar-refractivity contribution < 1.29 is 9.53 Å². The number of rotatable bonds is 8. The number of nitriles is 1. The third-order valence-corrected chi connectivity index (χ3v) is 9.05. The Hall–Kier alpha value is -6.67. The Morgan fingerprint density at radius 1 is 0.922 bits per heavy atom. The zero-order chi connectivity index (χ0) is 36.4. The van der Waals surface area contributed by atoms with Gasteiger partial charge in [-0.3, -0.25) is 5.32 Å². The zero-order valence-electron chi connectivity index (χ0n) is 29.7. The Morgan fingerprint density at radius 2 is 1.55 bits per heavy atom. The summed E-state index contributed by atoms with van der Waals surface area (Å²) in [5, 5.41) is 12.1. The molecule has 14 nitrogen and oxygen atoms in total. The maximum atomic E-state index is 12.1. The number of nitrogens with zero attached hydrogens (tertiary/aromatic N) is 10. The third-order valence-electron chi connectivity index (χ3n) is 9.05. The molecule has 4 aromatic heterocycles. The minimum Gasteiger partial charge on any atom is -0.453 e. The molecule has 1 amide bonds. The van der Waals surface area contributed by atoms with Gasteiger partial charge in [0.15, 0.2) is 11.5 Å². The smallest absolute Gasteiger partial charge is 0.411 e. The number of pyridine rings is 2. The molecule has 3 N–H and O–H groups in total. The summed E-state index contributed by atoms with van der Waals surface area (Å²) in [5.41, 5.74) is 17.3. The van der Waals surface area contributed by atoms with Gasteiger partial charge < -0.3 is 29.4 Å². The molecular formula is C37H39N12O2+. The van der Waals surface area contributed by atoms with Crippen LogP contribution in [0, 0.1) is 17.4 Å². The fourth-order valence-corrected chi connectivity index (χ4v) is 6.09. The van der Waals surface area contributed by atoms with E-state index in [2.05, 4.69) is 51.1 Å². The molecule has 0 bridgehead atoms. The predicted molar refractivity (Wildman–Crippen MR) is 200 cm³/mol. The largest absolute Gasteiger partial charge is 0.453 e. The average molecular weight is 684 g/mol. The van der Waals surface area contributed by atoms with E-state index in [-0.39, 0.29) is 6.54 Å². The van der Waals surface area contributed by atoms with Crippen molar-refractivity contribution in [3.8, 4) is 12.1 Å². The molecule has 14 heteroatoms. The number of imidazole rings is 2. The quantitative estimate of drug-likeness (QED) is 0.171. The van der Waals surface area contributed by atoms with Crippen LogP contribution in [-0.2, 0) is 38.2 Å². The molecule has 0 aliphatic rings. The number of ether oxygens (including phenoxy) is 1. The molecule has 0 radical (unpaired) electrons. The van der Waals surface area contributed by atoms with E-state index in [9.17, 15) is 10.1 Å². The van der Waals surface area contributed by atoms with Gasteiger partial charge in [-0.15, -0.1) is 0 Å². The first-order valence-electron chi connectivity index (χ1n) is 16.4. The lowest BCUT2D eigenvalue weighted by Gasteiger charge is -2.23. The number of benzene rings is 2. The lowest BCUT2D eigenvalue weighted by Crippen LogP contribution is -2.15. The minimum absolute atomic E-state index is 0.279. The van der Waals surface area contributed by atoms with Gasteiger partial charge >= 0.3 is 18.7 Å². The Balaban J connectivity index is 1.25. The molecule has 0 spiro atoms. The lowest BCUT2D eigenvalue weighted by atomic mass is 10.1. The highest BCUT2D eigenvalue weighted by Crippen LogP contribution is 2.35. The number of carbonyl (C=O) groups is 1. The molecule has 0 atom stereocenters. The Labute approximate surface area is 295 Å². The van der Waals surface area contributed by atoms with Crippen molar-refractivity contribution in [1.82, 2.24) is 29.1 Å². The van der Waals surface area contributed by atoms with Crippen LogP contribution in [0.15, 0.2) is 55.1 Å². The number of fused-ring (bicyclic) bond motifs is 2. The van der Waals surface area contributed by atoms with Crippen LogP contribution in [0.4, 0.5) is 38.9 Å². The van der Waals surface area contributed by atoms with E-state index in [1.807, 2.05) is 83.5 Å². The zero-order valence-corrected chi connectivity index (χ0v) is 29.7. The van der Waals surface area contributed by atoms with Crippen LogP contribution >= 0.6 is 0 Å². The molecule has 0 saturated heterocycles. The van der Waals surface area contributed by atoms with Gasteiger partial charge in [0, 0.05) is 39.6 Å². The summed E-state index contributed by atoms with van der Waals surface area (Å²) < 4.78 is 8.71. The second-order valence-electron chi connectivity index (χ2n) is 12.1. The molecule has 0 aliphatic heterocycles. The first kappa shape index (κ1) is 34.2. The van der Waals surface area contributed by atoms with Gasteiger partial charge in [0.05, 0.1) is 59.6 Å². The summed E-state index contributed by atoms with van der Waals surface area (Å²) in [5.74, 6) is 0.729. The number of hydrogen-bond acceptors (Lipinski definition) is 10. The van der Waals surface area contributed by atoms with Crippen molar-refractivity contribution in [1.29, 1.82) is 5.26 Å². The highest BCUT2D eigenvalue weighted by molar-refractivity contribution is 5.99. The van der Waals surface area contributed by atoms with Gasteiger partial charge in [-0.25, -0.2) is 24.7 Å². The number of amides is 1. The fourth-order valence-electron chi connectivity index (χ4n) is 6.09. The summed E-state index contributed by atoms with van der Waals surface area (Å²) >= 11 is 0. The molecule has 51 heavy (non-hydrogen) atoms. The lowest BCUT2D eigenvalue weighted by molar-refractivity contribution is 0.187. The van der Waals surface area contributed by atoms with E-state index in [0.29, 0.717) is 33.8 Å². The number of hydrogen-bond donors (Lipinski definition) is 2. The topological polar surface area (TPSA) is 160 Å². The van der Waals surface area contributed by atoms with Crippen LogP contribution in [0.5, 0.6) is 0 Å². The highest BCUT2D eigenvalue weighted by atomic mass is 16.5. The summed E-state index contributed by atoms with van der Waals surface area (Å²) in [7, 11) is 9.08. The number of nitrogens with one attached hydrogen (secondary N) is 1. The van der Waals surface area contributed by atoms with Crippen LogP contribution in [0.25, 0.3) is 26.9 Å². The van der Waals surface area contributed by atoms with Crippen LogP contribution in [-0.4, -0.2) is 56.4 Å². The number of aromatic nitrogens is 6. The van der Waals surface area contributed by atoms with Gasteiger partial charge in [-0.1, -0.05) is 18.7 Å². The van der Waals surface area contributed by atoms with Crippen LogP contribution in [0.3, 0.4) is 0 Å². The van der Waals surface area contributed by atoms with E-state index in [0.717, 1.165) is 63.6 Å². The van der Waals surface area contributed by atoms with E-state index >= 15 is 0 Å². The van der Waals surface area contributed by atoms with Crippen molar-refractivity contribution in [3.05, 3.63) is 88.3 Å². The number of carbonyl (C=O) groups excluding carboxylic acids is 1. The van der Waals surface area contributed by atoms with Gasteiger partial charge in [0.1, 0.15) is 22.8 Å². The predicted octanol–water partition coefficient (Wildman–Crippen LogP) is 6.42. The summed E-state index contributed by atoms with van der Waals surface area (Å²) in [6.07, 6.45) is 6.17. The fraction of sp³-hybridized carbons (Fsp3) is 0.270. The molecule has 2 aromatic carbocycles. The van der Waals surface area contributed by atoms with Gasteiger partial charge in [0.25, 0.3) is 0 Å². The summed E-state index contributed by atoms with van der Waals surface area (Å²) in [4.78, 5) is 38.9. The third kappa shape index (κ3) is 6.55. The van der Waals surface area contributed by atoms with E-state index in [1.54, 1.807) is 18.7 Å². The average Bonchev–Trinajstić information content (AvgIpc) is 3.69. The molecule has 0 saturated carbocycles. The Kier molecular flexibility index (Phi) is 9.42. The van der Waals surface area contributed by atoms with Gasteiger partial charge in [-0.2, -0.15) is 5.26 Å². The van der Waals surface area contributed by atoms with Crippen molar-refractivity contribution in [2.24, 2.45) is 14.1 Å². The summed E-state index contributed by atoms with van der Waals surface area (Å²) in [6.45, 7) is 4.41. The number of methoxy groups -OCH3 is 1. The Morgan fingerprint density at radius 3 is 2.20 bits per heavy atom. The summed E-state index contributed by atoms with van der Waals surface area (Å²) in [6, 6.07) is 16.8. The molecule has 0 aliphatic carbocycles. The molecule has 0 unspecified atom stereocenters. The second-order valence-corrected chi connectivity index (χ2v) is 12.1. The number of nitrogens with two attached hydrogens (primary N) is 1. The standard InChI is InChI=1S/C37H38N12O2/c1-8-22-10-24(16-38)41-18-32(22)47(4)26-12-28(39)35-31(15-26)49(6)34(45-35)20-40-17-25-11-23(9-2)33(19-42-25)48(5)27-13-29(44-37(50)51-7)36-30(14-27)46(3)21-43-36/h10-15,18-19,21H,8-9,20,39H2,1-7H3/p+1. The van der Waals surface area contributed by atoms with Crippen LogP contribution in [0.1, 0.15) is 42.2 Å². The number of nitrogen functional groups attached to an aromatic ring is 1. The van der Waals surface area contributed by atoms with Crippen molar-refractivity contribution in [2.45, 2.75) is 33.2 Å². The van der Waals surface area contributed by atoms with Gasteiger partial charge in [0.2, 0.25) is 0 Å². The monoisotopic (exact) mass is 683 g/mol. The van der Waals surface area contributed by atoms with E-state index < -0.39 is 6.09 Å². The Bertz CT molecular complexity index is 2410. The van der Waals surface area contributed by atoms with E-state index in [4.69, 9.17) is 15.5 Å². The van der Waals surface area contributed by atoms with Crippen LogP contribution in [0.2, 0.25) is 0 Å². The van der Waals surface area contributed by atoms with Gasteiger partial charge in [-0.05, 0) is 60.4 Å². The molecule has 258 valence electrons. The van der Waals surface area contributed by atoms with Crippen molar-refractivity contribution in [2.75, 3.05) is 42.1 Å². The van der Waals surface area contributed by atoms with Crippen molar-refractivity contribution in [3.63, 3.8) is 0 Å². The normalized spacial score (nSPS) is 10.9. The minimum atomic E-state index is -0.570. The number of aryl methyl sites for hydroxylation is 4. The highest BCUT2D eigenvalue weighted by Gasteiger charge is 2.19. The maximum Gasteiger partial charge on any atom is 0.411 e. The maximum absolute atomic E-state index is 12.1. The first-order chi connectivity index (χ1) is 24.6.